The summed E-state index contributed by atoms with van der Waals surface area (Å²) in [6.07, 6.45) is 0. The lowest BCUT2D eigenvalue weighted by Crippen LogP contribution is -2.32. The van der Waals surface area contributed by atoms with Crippen LogP contribution in [0.25, 0.3) is 0 Å². The molecule has 0 saturated heterocycles. The van der Waals surface area contributed by atoms with Gasteiger partial charge < -0.3 is 5.32 Å². The molecule has 0 fully saturated rings. The molecule has 0 atom stereocenters. The molecule has 0 aliphatic carbocycles. The first kappa shape index (κ1) is 10.4. The summed E-state index contributed by atoms with van der Waals surface area (Å²) in [5.74, 6) is 4.99. The Labute approximate surface area is 81.9 Å². The number of amides is 1. The minimum absolute atomic E-state index is 0.207. The highest BCUT2D eigenvalue weighted by atomic mass is 16.2. The fraction of sp³-hybridized carbons (Fsp3) is 0.375. The first-order chi connectivity index (χ1) is 6.60. The van der Waals surface area contributed by atoms with Gasteiger partial charge in [0, 0.05) is 7.05 Å². The maximum atomic E-state index is 11.3. The smallest absolute Gasteiger partial charge is 0.287 e. The Morgan fingerprint density at radius 1 is 1.29 bits per heavy atom. The van der Waals surface area contributed by atoms with Crippen LogP contribution in [0.3, 0.4) is 0 Å². The molecule has 0 radical (unpaired) electrons. The van der Waals surface area contributed by atoms with Crippen molar-refractivity contribution in [2.45, 2.75) is 13.8 Å². The van der Waals surface area contributed by atoms with Crippen LogP contribution in [0.15, 0.2) is 0 Å². The Bertz CT molecular complexity index is 363. The maximum absolute atomic E-state index is 11.3. The highest BCUT2D eigenvalue weighted by Crippen LogP contribution is 2.11. The monoisotopic (exact) mass is 195 g/mol. The molecule has 0 unspecified atom stereocenters. The summed E-state index contributed by atoms with van der Waals surface area (Å²) in [6.45, 7) is 3.61. The van der Waals surface area contributed by atoms with Crippen LogP contribution in [0.4, 0.5) is 5.82 Å². The number of hydrogen-bond acceptors (Lipinski definition) is 5. The first-order valence-corrected chi connectivity index (χ1v) is 4.14. The molecule has 0 spiro atoms. The summed E-state index contributed by atoms with van der Waals surface area (Å²) in [5, 5.41) is 2.79. The van der Waals surface area contributed by atoms with Gasteiger partial charge in [-0.25, -0.2) is 15.8 Å². The van der Waals surface area contributed by atoms with Gasteiger partial charge in [0.25, 0.3) is 5.91 Å². The number of anilines is 1. The van der Waals surface area contributed by atoms with E-state index in [1.165, 1.54) is 0 Å². The zero-order valence-corrected chi connectivity index (χ0v) is 8.38. The van der Waals surface area contributed by atoms with Gasteiger partial charge in [-0.1, -0.05) is 0 Å². The van der Waals surface area contributed by atoms with E-state index >= 15 is 0 Å². The van der Waals surface area contributed by atoms with Crippen LogP contribution in [0.5, 0.6) is 0 Å². The summed E-state index contributed by atoms with van der Waals surface area (Å²) in [6, 6.07) is 0. The molecule has 0 aliphatic rings. The van der Waals surface area contributed by atoms with Gasteiger partial charge in [0.2, 0.25) is 0 Å². The average Bonchev–Trinajstić information content (AvgIpc) is 2.20. The second kappa shape index (κ2) is 4.01. The van der Waals surface area contributed by atoms with Gasteiger partial charge >= 0.3 is 0 Å². The molecule has 0 aromatic carbocycles. The van der Waals surface area contributed by atoms with Crippen LogP contribution in [-0.4, -0.2) is 22.9 Å². The van der Waals surface area contributed by atoms with Gasteiger partial charge in [-0.05, 0) is 13.8 Å². The Morgan fingerprint density at radius 2 is 1.86 bits per heavy atom. The fourth-order valence-electron chi connectivity index (χ4n) is 1.00. The van der Waals surface area contributed by atoms with E-state index < -0.39 is 5.91 Å². The SMILES string of the molecule is CNc1nc(C)c(C)nc1C(=O)NN. The molecule has 0 aliphatic heterocycles. The minimum atomic E-state index is -0.454. The van der Waals surface area contributed by atoms with Crippen molar-refractivity contribution in [3.63, 3.8) is 0 Å². The molecule has 14 heavy (non-hydrogen) atoms. The van der Waals surface area contributed by atoms with Crippen molar-refractivity contribution in [1.29, 1.82) is 0 Å². The molecule has 4 N–H and O–H groups in total. The number of nitrogens with one attached hydrogen (secondary N) is 2. The van der Waals surface area contributed by atoms with Gasteiger partial charge in [0.05, 0.1) is 11.4 Å². The highest BCUT2D eigenvalue weighted by Gasteiger charge is 2.14. The number of hydrazine groups is 1. The number of aromatic nitrogens is 2. The largest absolute Gasteiger partial charge is 0.371 e. The van der Waals surface area contributed by atoms with Crippen LogP contribution in [0.2, 0.25) is 0 Å². The zero-order chi connectivity index (χ0) is 10.7. The minimum Gasteiger partial charge on any atom is -0.371 e. The van der Waals surface area contributed by atoms with E-state index in [-0.39, 0.29) is 5.69 Å². The Kier molecular flexibility index (Phi) is 2.98. The topological polar surface area (TPSA) is 92.9 Å². The fourth-order valence-corrected chi connectivity index (χ4v) is 1.00. The molecule has 0 saturated carbocycles. The standard InChI is InChI=1S/C8H13N5O/c1-4-5(2)12-7(10-3)6(11-4)8(14)13-9/h9H2,1-3H3,(H,10,12)(H,13,14). The summed E-state index contributed by atoms with van der Waals surface area (Å²) < 4.78 is 0. The number of hydrogen-bond donors (Lipinski definition) is 3. The molecule has 1 rings (SSSR count). The number of nitrogens with zero attached hydrogens (tertiary/aromatic N) is 2. The Hall–Kier alpha value is -1.69. The summed E-state index contributed by atoms with van der Waals surface area (Å²) >= 11 is 0. The number of carbonyl (C=O) groups excluding carboxylic acids is 1. The molecular weight excluding hydrogens is 182 g/mol. The van der Waals surface area contributed by atoms with Crippen LogP contribution in [0, 0.1) is 13.8 Å². The Morgan fingerprint density at radius 3 is 2.36 bits per heavy atom. The number of aryl methyl sites for hydroxylation is 2. The van der Waals surface area contributed by atoms with Crippen LogP contribution < -0.4 is 16.6 Å². The van der Waals surface area contributed by atoms with Gasteiger partial charge in [0.15, 0.2) is 11.5 Å². The zero-order valence-electron chi connectivity index (χ0n) is 8.38. The predicted octanol–water partition coefficient (Wildman–Crippen LogP) is -0.261. The molecule has 1 amide bonds. The first-order valence-electron chi connectivity index (χ1n) is 4.14. The van der Waals surface area contributed by atoms with Crippen LogP contribution in [0.1, 0.15) is 21.9 Å². The molecule has 1 aromatic heterocycles. The van der Waals surface area contributed by atoms with E-state index in [1.807, 2.05) is 12.3 Å². The average molecular weight is 195 g/mol. The number of nitrogen functional groups attached to an aromatic ring is 1. The lowest BCUT2D eigenvalue weighted by molar-refractivity contribution is 0.0949. The van der Waals surface area contributed by atoms with Crippen molar-refractivity contribution in [1.82, 2.24) is 15.4 Å². The van der Waals surface area contributed by atoms with Crippen molar-refractivity contribution in [2.24, 2.45) is 5.84 Å². The van der Waals surface area contributed by atoms with Crippen molar-refractivity contribution in [2.75, 3.05) is 12.4 Å². The van der Waals surface area contributed by atoms with Crippen LogP contribution in [-0.2, 0) is 0 Å². The number of rotatable bonds is 2. The highest BCUT2D eigenvalue weighted by molar-refractivity contribution is 5.96. The third-order valence-corrected chi connectivity index (χ3v) is 1.89. The molecule has 76 valence electrons. The van der Waals surface area contributed by atoms with E-state index in [4.69, 9.17) is 5.84 Å². The summed E-state index contributed by atoms with van der Waals surface area (Å²) in [5.41, 5.74) is 3.72. The lowest BCUT2D eigenvalue weighted by atomic mass is 10.3. The van der Waals surface area contributed by atoms with Gasteiger partial charge in [0.1, 0.15) is 0 Å². The molecule has 0 bridgehead atoms. The second-order valence-electron chi connectivity index (χ2n) is 2.82. The molecule has 1 heterocycles. The van der Waals surface area contributed by atoms with Crippen molar-refractivity contribution in [3.8, 4) is 0 Å². The third kappa shape index (κ3) is 1.80. The van der Waals surface area contributed by atoms with E-state index in [0.717, 1.165) is 5.69 Å². The van der Waals surface area contributed by atoms with E-state index in [0.29, 0.717) is 11.5 Å². The lowest BCUT2D eigenvalue weighted by Gasteiger charge is -2.08. The summed E-state index contributed by atoms with van der Waals surface area (Å²) in [7, 11) is 1.67. The molecule has 1 aromatic rings. The van der Waals surface area contributed by atoms with Gasteiger partial charge in [-0.3, -0.25) is 10.2 Å². The maximum Gasteiger partial charge on any atom is 0.287 e. The van der Waals surface area contributed by atoms with Crippen molar-refractivity contribution in [3.05, 3.63) is 17.1 Å². The van der Waals surface area contributed by atoms with Gasteiger partial charge in [-0.15, -0.1) is 0 Å². The van der Waals surface area contributed by atoms with Crippen LogP contribution >= 0.6 is 0 Å². The molecule has 6 heteroatoms. The molecular formula is C8H13N5O. The normalized spacial score (nSPS) is 9.71. The molecule has 6 nitrogen and oxygen atoms in total. The van der Waals surface area contributed by atoms with E-state index in [1.54, 1.807) is 14.0 Å². The quantitative estimate of drug-likeness (QED) is 0.343. The number of carbonyl (C=O) groups is 1. The van der Waals surface area contributed by atoms with E-state index in [2.05, 4.69) is 15.3 Å². The Balaban J connectivity index is 3.27. The van der Waals surface area contributed by atoms with Crippen molar-refractivity contribution < 1.29 is 4.79 Å². The summed E-state index contributed by atoms with van der Waals surface area (Å²) in [4.78, 5) is 19.5. The third-order valence-electron chi connectivity index (χ3n) is 1.89. The van der Waals surface area contributed by atoms with Crippen molar-refractivity contribution >= 4 is 11.7 Å². The number of nitrogens with two attached hydrogens (primary N) is 1. The second-order valence-corrected chi connectivity index (χ2v) is 2.82. The van der Waals surface area contributed by atoms with E-state index in [9.17, 15) is 4.79 Å². The van der Waals surface area contributed by atoms with Gasteiger partial charge in [-0.2, -0.15) is 0 Å². The predicted molar refractivity (Wildman–Crippen MR) is 52.7 cm³/mol.